The molecular weight excluding hydrogens is 200 g/mol. The molecule has 0 unspecified atom stereocenters. The van der Waals surface area contributed by atoms with Crippen molar-refractivity contribution >= 4 is 17.4 Å². The lowest BCUT2D eigenvalue weighted by molar-refractivity contribution is 0.0966. The van der Waals surface area contributed by atoms with Crippen LogP contribution in [0.4, 0.5) is 0 Å². The van der Waals surface area contributed by atoms with Crippen LogP contribution in [-0.2, 0) is 6.54 Å². The average Bonchev–Trinajstić information content (AvgIpc) is 2.87. The van der Waals surface area contributed by atoms with Crippen molar-refractivity contribution < 1.29 is 4.79 Å². The van der Waals surface area contributed by atoms with Gasteiger partial charge in [-0.25, -0.2) is 0 Å². The number of halogens is 1. The summed E-state index contributed by atoms with van der Waals surface area (Å²) in [4.78, 5) is 11.8. The average molecular weight is 213 g/mol. The van der Waals surface area contributed by atoms with Crippen LogP contribution in [0.1, 0.15) is 36.7 Å². The molecular formula is C10H13ClN2O. The Morgan fingerprint density at radius 2 is 2.43 bits per heavy atom. The van der Waals surface area contributed by atoms with E-state index in [1.807, 2.05) is 6.92 Å². The first-order valence-corrected chi connectivity index (χ1v) is 5.34. The van der Waals surface area contributed by atoms with Crippen LogP contribution in [0.3, 0.4) is 0 Å². The number of aryl methyl sites for hydroxylation is 1. The summed E-state index contributed by atoms with van der Waals surface area (Å²) in [6, 6.07) is 0. The van der Waals surface area contributed by atoms with Crippen LogP contribution in [0, 0.1) is 5.92 Å². The molecule has 1 saturated carbocycles. The van der Waals surface area contributed by atoms with Gasteiger partial charge in [-0.05, 0) is 25.7 Å². The van der Waals surface area contributed by atoms with E-state index in [1.54, 1.807) is 10.9 Å². The molecule has 2 rings (SSSR count). The zero-order chi connectivity index (χ0) is 10.1. The Hall–Kier alpha value is -0.830. The van der Waals surface area contributed by atoms with Crippen LogP contribution in [0.2, 0.25) is 5.02 Å². The van der Waals surface area contributed by atoms with Crippen LogP contribution in [-0.4, -0.2) is 15.6 Å². The number of carbonyl (C=O) groups excluding carboxylic acids is 1. The van der Waals surface area contributed by atoms with Crippen LogP contribution in [0.5, 0.6) is 0 Å². The van der Waals surface area contributed by atoms with Crippen molar-refractivity contribution in [2.45, 2.75) is 32.7 Å². The van der Waals surface area contributed by atoms with Gasteiger partial charge >= 0.3 is 0 Å². The lowest BCUT2D eigenvalue weighted by Gasteiger charge is -2.03. The summed E-state index contributed by atoms with van der Waals surface area (Å²) < 4.78 is 1.67. The first-order valence-electron chi connectivity index (χ1n) is 4.97. The molecule has 0 N–H and O–H groups in total. The zero-order valence-corrected chi connectivity index (χ0v) is 8.92. The monoisotopic (exact) mass is 212 g/mol. The molecule has 0 saturated heterocycles. The summed E-state index contributed by atoms with van der Waals surface area (Å²) in [5.41, 5.74) is 0.584. The number of nitrogens with zero attached hydrogens (tertiary/aromatic N) is 2. The zero-order valence-electron chi connectivity index (χ0n) is 8.16. The molecule has 0 bridgehead atoms. The van der Waals surface area contributed by atoms with Gasteiger partial charge in [-0.2, -0.15) is 5.10 Å². The fourth-order valence-electron chi connectivity index (χ4n) is 1.56. The topological polar surface area (TPSA) is 34.9 Å². The lowest BCUT2D eigenvalue weighted by Crippen LogP contribution is -2.10. The van der Waals surface area contributed by atoms with Crippen LogP contribution in [0.15, 0.2) is 6.20 Å². The number of ketones is 1. The van der Waals surface area contributed by atoms with E-state index in [1.165, 1.54) is 12.8 Å². The second-order valence-corrected chi connectivity index (χ2v) is 4.13. The molecule has 14 heavy (non-hydrogen) atoms. The quantitative estimate of drug-likeness (QED) is 0.719. The highest BCUT2D eigenvalue weighted by atomic mass is 35.5. The third-order valence-corrected chi connectivity index (χ3v) is 2.81. The molecule has 3 nitrogen and oxygen atoms in total. The Balaban J connectivity index is 2.19. The number of Topliss-reactive ketones (excluding diaryl/α,β-unsaturated/α-hetero) is 1. The second-order valence-electron chi connectivity index (χ2n) is 3.73. The number of hydrogen-bond donors (Lipinski definition) is 0. The summed E-state index contributed by atoms with van der Waals surface area (Å²) in [5.74, 6) is 0.732. The highest BCUT2D eigenvalue weighted by molar-refractivity contribution is 6.33. The summed E-state index contributed by atoms with van der Waals surface area (Å²) in [6.45, 7) is 2.65. The minimum atomic E-state index is 0.136. The van der Waals surface area contributed by atoms with Gasteiger partial charge < -0.3 is 0 Å². The molecule has 1 fully saturated rings. The summed E-state index contributed by atoms with van der Waals surface area (Å²) >= 11 is 5.92. The number of rotatable bonds is 4. The third-order valence-electron chi connectivity index (χ3n) is 2.53. The standard InChI is InChI=1S/C10H13ClN2O/c1-2-13-10(8(11)6-12-13)9(14)5-7-3-4-7/h6-7H,2-5H2,1H3. The van der Waals surface area contributed by atoms with Gasteiger partial charge in [0.15, 0.2) is 5.78 Å². The van der Waals surface area contributed by atoms with E-state index < -0.39 is 0 Å². The SMILES string of the molecule is CCn1ncc(Cl)c1C(=O)CC1CC1. The van der Waals surface area contributed by atoms with Crippen molar-refractivity contribution in [3.63, 3.8) is 0 Å². The number of hydrogen-bond acceptors (Lipinski definition) is 2. The Bertz CT molecular complexity index is 355. The van der Waals surface area contributed by atoms with Gasteiger partial charge in [-0.15, -0.1) is 0 Å². The van der Waals surface area contributed by atoms with Crippen molar-refractivity contribution in [2.24, 2.45) is 5.92 Å². The van der Waals surface area contributed by atoms with Gasteiger partial charge in [-0.1, -0.05) is 11.6 Å². The Kier molecular flexibility index (Phi) is 2.59. The fourth-order valence-corrected chi connectivity index (χ4v) is 1.81. The van der Waals surface area contributed by atoms with Crippen molar-refractivity contribution in [3.05, 3.63) is 16.9 Å². The van der Waals surface area contributed by atoms with Gasteiger partial charge in [0.1, 0.15) is 5.69 Å². The fraction of sp³-hybridized carbons (Fsp3) is 0.600. The van der Waals surface area contributed by atoms with Crippen LogP contribution < -0.4 is 0 Å². The molecule has 4 heteroatoms. The predicted molar refractivity (Wildman–Crippen MR) is 54.6 cm³/mol. The minimum Gasteiger partial charge on any atom is -0.292 e. The highest BCUT2D eigenvalue weighted by Gasteiger charge is 2.27. The van der Waals surface area contributed by atoms with Crippen molar-refractivity contribution in [1.29, 1.82) is 0 Å². The van der Waals surface area contributed by atoms with E-state index in [4.69, 9.17) is 11.6 Å². The van der Waals surface area contributed by atoms with Gasteiger partial charge in [0.2, 0.25) is 0 Å². The summed E-state index contributed by atoms with van der Waals surface area (Å²) in [7, 11) is 0. The third kappa shape index (κ3) is 1.82. The molecule has 0 atom stereocenters. The maximum absolute atomic E-state index is 11.8. The molecule has 0 aliphatic heterocycles. The summed E-state index contributed by atoms with van der Waals surface area (Å²) in [5, 5.41) is 4.53. The Morgan fingerprint density at radius 3 is 3.00 bits per heavy atom. The Labute approximate surface area is 88.1 Å². The number of aromatic nitrogens is 2. The minimum absolute atomic E-state index is 0.136. The van der Waals surface area contributed by atoms with E-state index >= 15 is 0 Å². The van der Waals surface area contributed by atoms with Crippen molar-refractivity contribution in [3.8, 4) is 0 Å². The van der Waals surface area contributed by atoms with Gasteiger partial charge in [0.05, 0.1) is 11.2 Å². The molecule has 0 radical (unpaired) electrons. The molecule has 1 heterocycles. The molecule has 1 aliphatic rings. The van der Waals surface area contributed by atoms with E-state index in [9.17, 15) is 4.79 Å². The van der Waals surface area contributed by atoms with Crippen LogP contribution >= 0.6 is 11.6 Å². The van der Waals surface area contributed by atoms with Gasteiger partial charge in [0, 0.05) is 13.0 Å². The largest absolute Gasteiger partial charge is 0.292 e. The Morgan fingerprint density at radius 1 is 1.71 bits per heavy atom. The predicted octanol–water partition coefficient (Wildman–Crippen LogP) is 2.54. The van der Waals surface area contributed by atoms with Gasteiger partial charge in [-0.3, -0.25) is 9.48 Å². The highest BCUT2D eigenvalue weighted by Crippen LogP contribution is 2.34. The molecule has 1 aliphatic carbocycles. The van der Waals surface area contributed by atoms with E-state index in [-0.39, 0.29) is 5.78 Å². The second kappa shape index (κ2) is 3.73. The van der Waals surface area contributed by atoms with E-state index in [0.717, 1.165) is 0 Å². The first kappa shape index (κ1) is 9.71. The number of carbonyl (C=O) groups is 1. The first-order chi connectivity index (χ1) is 6.72. The van der Waals surface area contributed by atoms with Crippen molar-refractivity contribution in [2.75, 3.05) is 0 Å². The van der Waals surface area contributed by atoms with Crippen molar-refractivity contribution in [1.82, 2.24) is 9.78 Å². The molecule has 1 aromatic rings. The van der Waals surface area contributed by atoms with E-state index in [0.29, 0.717) is 29.6 Å². The molecule has 0 aromatic carbocycles. The smallest absolute Gasteiger partial charge is 0.182 e. The normalized spacial score (nSPS) is 15.9. The van der Waals surface area contributed by atoms with E-state index in [2.05, 4.69) is 5.10 Å². The molecule has 76 valence electrons. The maximum Gasteiger partial charge on any atom is 0.182 e. The lowest BCUT2D eigenvalue weighted by atomic mass is 10.1. The van der Waals surface area contributed by atoms with Gasteiger partial charge in [0.25, 0.3) is 0 Å². The molecule has 0 spiro atoms. The van der Waals surface area contributed by atoms with Crippen LogP contribution in [0.25, 0.3) is 0 Å². The molecule has 0 amide bonds. The molecule has 1 aromatic heterocycles. The summed E-state index contributed by atoms with van der Waals surface area (Å²) in [6.07, 6.45) is 4.55. The maximum atomic E-state index is 11.8.